The van der Waals surface area contributed by atoms with E-state index in [9.17, 15) is 0 Å². The predicted octanol–water partition coefficient (Wildman–Crippen LogP) is 4.00. The first-order valence-corrected chi connectivity index (χ1v) is 8.31. The second-order valence-electron chi connectivity index (χ2n) is 4.61. The molecule has 1 fully saturated rings. The summed E-state index contributed by atoms with van der Waals surface area (Å²) in [6.45, 7) is 0. The Morgan fingerprint density at radius 3 is 1.12 bits per heavy atom. The van der Waals surface area contributed by atoms with Gasteiger partial charge in [0, 0.05) is 9.52 Å². The van der Waals surface area contributed by atoms with Gasteiger partial charge in [0.15, 0.2) is 0 Å². The van der Waals surface area contributed by atoms with Crippen LogP contribution < -0.4 is 0 Å². The van der Waals surface area contributed by atoms with Gasteiger partial charge in [-0.3, -0.25) is 0 Å². The average Bonchev–Trinajstić information content (AvgIpc) is 3.24. The van der Waals surface area contributed by atoms with Crippen molar-refractivity contribution in [2.75, 3.05) is 0 Å². The molecule has 0 nitrogen and oxygen atoms in total. The van der Waals surface area contributed by atoms with Crippen molar-refractivity contribution < 1.29 is 0 Å². The molecule has 0 N–H and O–H groups in total. The van der Waals surface area contributed by atoms with E-state index in [0.717, 1.165) is 0 Å². The van der Waals surface area contributed by atoms with E-state index in [1.54, 1.807) is 12.1 Å². The van der Waals surface area contributed by atoms with E-state index >= 15 is 0 Å². The Morgan fingerprint density at radius 2 is 0.882 bits per heavy atom. The van der Waals surface area contributed by atoms with E-state index < -0.39 is 0 Å². The number of fused-ring (bicyclic) bond motifs is 2. The summed E-state index contributed by atoms with van der Waals surface area (Å²) >= 11 is 0. The second-order valence-corrected chi connectivity index (χ2v) is 6.73. The van der Waals surface area contributed by atoms with E-state index in [4.69, 9.17) is 0 Å². The summed E-state index contributed by atoms with van der Waals surface area (Å²) < 4.78 is 0. The number of benzene rings is 3. The zero-order valence-electron chi connectivity index (χ0n) is 9.89. The predicted molar refractivity (Wildman–Crippen MR) is 79.6 cm³/mol. The van der Waals surface area contributed by atoms with Crippen molar-refractivity contribution in [2.24, 2.45) is 0 Å². The highest BCUT2D eigenvalue weighted by molar-refractivity contribution is 6.47. The molecule has 1 heteroatoms. The molecule has 1 saturated heterocycles. The van der Waals surface area contributed by atoms with Crippen molar-refractivity contribution in [3.05, 3.63) is 60.7 Å². The Labute approximate surface area is 104 Å². The van der Waals surface area contributed by atoms with E-state index in [1.165, 1.54) is 21.5 Å². The molecular formula is C16H16Si. The number of rotatable bonds is 0. The lowest BCUT2D eigenvalue weighted by atomic mass is 10.0. The van der Waals surface area contributed by atoms with Crippen LogP contribution in [0.1, 0.15) is 0 Å². The van der Waals surface area contributed by atoms with Crippen molar-refractivity contribution in [3.63, 3.8) is 0 Å². The van der Waals surface area contributed by atoms with Gasteiger partial charge in [-0.1, -0.05) is 60.6 Å². The molecule has 3 aromatic carbocycles. The average molecular weight is 236 g/mol. The summed E-state index contributed by atoms with van der Waals surface area (Å²) in [5.41, 5.74) is 0. The van der Waals surface area contributed by atoms with Crippen LogP contribution in [0, 0.1) is 0 Å². The fourth-order valence-electron chi connectivity index (χ4n) is 1.88. The standard InChI is InChI=1S/C14H10.C2H6Si/c1-2-6-12-10-14-8-4-3-7-13(14)9-11(12)5-1;1-2-3-1/h1-10H;1-3H2. The highest BCUT2D eigenvalue weighted by Crippen LogP contribution is 2.21. The molecule has 0 amide bonds. The van der Waals surface area contributed by atoms with Crippen LogP contribution in [-0.4, -0.2) is 9.52 Å². The molecule has 0 spiro atoms. The topological polar surface area (TPSA) is 0 Å². The first kappa shape index (κ1) is 10.5. The van der Waals surface area contributed by atoms with E-state index in [1.807, 2.05) is 0 Å². The quantitative estimate of drug-likeness (QED) is 0.409. The summed E-state index contributed by atoms with van der Waals surface area (Å²) in [7, 11) is 0.667. The molecule has 1 heterocycles. The van der Waals surface area contributed by atoms with Crippen LogP contribution in [0.4, 0.5) is 0 Å². The van der Waals surface area contributed by atoms with Crippen LogP contribution in [0.5, 0.6) is 0 Å². The molecule has 0 atom stereocenters. The van der Waals surface area contributed by atoms with E-state index in [-0.39, 0.29) is 0 Å². The maximum atomic E-state index is 2.24. The zero-order chi connectivity index (χ0) is 11.5. The number of hydrogen-bond donors (Lipinski definition) is 0. The minimum absolute atomic E-state index is 0.667. The van der Waals surface area contributed by atoms with Crippen LogP contribution in [-0.2, 0) is 0 Å². The third-order valence-electron chi connectivity index (χ3n) is 2.97. The third kappa shape index (κ3) is 2.56. The van der Waals surface area contributed by atoms with Gasteiger partial charge in [-0.2, -0.15) is 0 Å². The van der Waals surface area contributed by atoms with Crippen LogP contribution in [0.3, 0.4) is 0 Å². The summed E-state index contributed by atoms with van der Waals surface area (Å²) in [6.07, 6.45) is 0. The van der Waals surface area contributed by atoms with Gasteiger partial charge in [-0.15, -0.1) is 0 Å². The lowest BCUT2D eigenvalue weighted by Crippen LogP contribution is -1.74. The molecule has 0 radical (unpaired) electrons. The summed E-state index contributed by atoms with van der Waals surface area (Å²) in [5, 5.41) is 5.25. The maximum Gasteiger partial charge on any atom is 0.0191 e. The lowest BCUT2D eigenvalue weighted by Gasteiger charge is -2.00. The Morgan fingerprint density at radius 1 is 0.588 bits per heavy atom. The van der Waals surface area contributed by atoms with Crippen molar-refractivity contribution in [1.82, 2.24) is 0 Å². The van der Waals surface area contributed by atoms with Crippen molar-refractivity contribution in [2.45, 2.75) is 12.1 Å². The van der Waals surface area contributed by atoms with Gasteiger partial charge in [0.05, 0.1) is 0 Å². The minimum Gasteiger partial charge on any atom is -0.0657 e. The molecule has 0 bridgehead atoms. The molecule has 84 valence electrons. The molecule has 0 saturated carbocycles. The molecule has 17 heavy (non-hydrogen) atoms. The van der Waals surface area contributed by atoms with Crippen molar-refractivity contribution in [3.8, 4) is 0 Å². The van der Waals surface area contributed by atoms with Gasteiger partial charge in [-0.25, -0.2) is 0 Å². The van der Waals surface area contributed by atoms with E-state index in [0.29, 0.717) is 9.52 Å². The highest BCUT2D eigenvalue weighted by Gasteiger charge is 1.97. The Hall–Kier alpha value is -1.60. The Kier molecular flexibility index (Phi) is 2.93. The van der Waals surface area contributed by atoms with Gasteiger partial charge in [-0.05, 0) is 33.7 Å². The minimum atomic E-state index is 0.667. The van der Waals surface area contributed by atoms with Gasteiger partial charge in [0.25, 0.3) is 0 Å². The fraction of sp³-hybridized carbons (Fsp3) is 0.125. The molecule has 4 rings (SSSR count). The van der Waals surface area contributed by atoms with Crippen molar-refractivity contribution >= 4 is 31.1 Å². The van der Waals surface area contributed by atoms with Crippen LogP contribution >= 0.6 is 0 Å². The molecule has 0 unspecified atom stereocenters. The van der Waals surface area contributed by atoms with Gasteiger partial charge in [0.2, 0.25) is 0 Å². The number of hydrogen-bond acceptors (Lipinski definition) is 0. The lowest BCUT2D eigenvalue weighted by molar-refractivity contribution is 1.69. The highest BCUT2D eigenvalue weighted by atomic mass is 28.2. The van der Waals surface area contributed by atoms with Gasteiger partial charge < -0.3 is 0 Å². The van der Waals surface area contributed by atoms with Gasteiger partial charge >= 0.3 is 0 Å². The second kappa shape index (κ2) is 4.72. The fourth-order valence-corrected chi connectivity index (χ4v) is 1.88. The normalized spacial score (nSPS) is 13.2. The van der Waals surface area contributed by atoms with Crippen molar-refractivity contribution in [1.29, 1.82) is 0 Å². The largest absolute Gasteiger partial charge is 0.0657 e. The summed E-state index contributed by atoms with van der Waals surface area (Å²) in [5.74, 6) is 0. The Bertz CT molecular complexity index is 533. The summed E-state index contributed by atoms with van der Waals surface area (Å²) in [6, 6.07) is 24.7. The van der Waals surface area contributed by atoms with Crippen LogP contribution in [0.15, 0.2) is 60.7 Å². The molecule has 1 aliphatic rings. The molecule has 0 aliphatic carbocycles. The first-order valence-electron chi connectivity index (χ1n) is 6.31. The SMILES string of the molecule is C1C[SiH2]1.c1ccc2cc3ccccc3cc2c1. The Balaban J connectivity index is 0.000000264. The summed E-state index contributed by atoms with van der Waals surface area (Å²) in [4.78, 5) is 0. The monoisotopic (exact) mass is 236 g/mol. The molecule has 1 aliphatic heterocycles. The molecular weight excluding hydrogens is 220 g/mol. The van der Waals surface area contributed by atoms with E-state index in [2.05, 4.69) is 60.7 Å². The third-order valence-corrected chi connectivity index (χ3v) is 3.67. The maximum absolute atomic E-state index is 2.24. The zero-order valence-corrected chi connectivity index (χ0v) is 11.3. The smallest absolute Gasteiger partial charge is 0.0191 e. The first-order chi connectivity index (χ1) is 8.43. The molecule has 0 aromatic heterocycles. The van der Waals surface area contributed by atoms with Gasteiger partial charge in [0.1, 0.15) is 0 Å². The molecule has 3 aromatic rings. The van der Waals surface area contributed by atoms with Crippen LogP contribution in [0.25, 0.3) is 21.5 Å². The van der Waals surface area contributed by atoms with Crippen LogP contribution in [0.2, 0.25) is 12.1 Å².